The highest BCUT2D eigenvalue weighted by Gasteiger charge is 2.34. The first-order chi connectivity index (χ1) is 6.96. The van der Waals surface area contributed by atoms with E-state index in [2.05, 4.69) is 0 Å². The molecule has 0 unspecified atom stereocenters. The predicted molar refractivity (Wildman–Crippen MR) is 50.1 cm³/mol. The van der Waals surface area contributed by atoms with Crippen LogP contribution in [0, 0.1) is 0 Å². The summed E-state index contributed by atoms with van der Waals surface area (Å²) in [4.78, 5) is 0. The molecule has 0 bridgehead atoms. The van der Waals surface area contributed by atoms with Crippen LogP contribution in [0.4, 0.5) is 13.2 Å². The molecule has 2 nitrogen and oxygen atoms in total. The fourth-order valence-corrected chi connectivity index (χ4v) is 1.36. The van der Waals surface area contributed by atoms with E-state index in [1.165, 1.54) is 18.2 Å². The molecule has 0 aliphatic carbocycles. The Morgan fingerprint density at radius 2 is 1.87 bits per heavy atom. The van der Waals surface area contributed by atoms with Crippen molar-refractivity contribution in [1.29, 1.82) is 0 Å². The number of aliphatic hydroxyl groups is 1. The SMILES string of the molecule is NCC[C@H](O)c1ccccc1C(F)(F)F. The molecule has 1 atom stereocenters. The number of aliphatic hydroxyl groups excluding tert-OH is 1. The molecule has 0 amide bonds. The fraction of sp³-hybridized carbons (Fsp3) is 0.400. The Bertz CT molecular complexity index is 325. The Balaban J connectivity index is 3.06. The van der Waals surface area contributed by atoms with Gasteiger partial charge in [0.25, 0.3) is 0 Å². The highest BCUT2D eigenvalue weighted by molar-refractivity contribution is 5.31. The maximum absolute atomic E-state index is 12.5. The van der Waals surface area contributed by atoms with Gasteiger partial charge in [0.2, 0.25) is 0 Å². The second kappa shape index (κ2) is 4.63. The van der Waals surface area contributed by atoms with E-state index in [0.717, 1.165) is 6.07 Å². The van der Waals surface area contributed by atoms with Crippen LogP contribution in [-0.2, 0) is 6.18 Å². The Morgan fingerprint density at radius 3 is 2.40 bits per heavy atom. The monoisotopic (exact) mass is 219 g/mol. The van der Waals surface area contributed by atoms with Crippen LogP contribution in [-0.4, -0.2) is 11.7 Å². The number of halogens is 3. The third-order valence-electron chi connectivity index (χ3n) is 2.07. The van der Waals surface area contributed by atoms with Crippen molar-refractivity contribution in [3.63, 3.8) is 0 Å². The van der Waals surface area contributed by atoms with E-state index in [9.17, 15) is 18.3 Å². The maximum atomic E-state index is 12.5. The van der Waals surface area contributed by atoms with Gasteiger partial charge in [-0.25, -0.2) is 0 Å². The molecule has 0 aliphatic rings. The molecule has 1 aromatic carbocycles. The van der Waals surface area contributed by atoms with Gasteiger partial charge in [-0.15, -0.1) is 0 Å². The van der Waals surface area contributed by atoms with Crippen molar-refractivity contribution in [2.75, 3.05) is 6.54 Å². The lowest BCUT2D eigenvalue weighted by Gasteiger charge is -2.16. The number of benzene rings is 1. The van der Waals surface area contributed by atoms with E-state index in [4.69, 9.17) is 5.73 Å². The van der Waals surface area contributed by atoms with Crippen LogP contribution in [0.3, 0.4) is 0 Å². The molecule has 3 N–H and O–H groups in total. The van der Waals surface area contributed by atoms with E-state index in [1.54, 1.807) is 0 Å². The van der Waals surface area contributed by atoms with Gasteiger partial charge < -0.3 is 10.8 Å². The molecule has 0 fully saturated rings. The summed E-state index contributed by atoms with van der Waals surface area (Å²) < 4.78 is 37.5. The van der Waals surface area contributed by atoms with Crippen LogP contribution >= 0.6 is 0 Å². The van der Waals surface area contributed by atoms with E-state index < -0.39 is 17.8 Å². The van der Waals surface area contributed by atoms with Crippen molar-refractivity contribution >= 4 is 0 Å². The number of rotatable bonds is 3. The molecule has 1 rings (SSSR count). The summed E-state index contributed by atoms with van der Waals surface area (Å²) in [7, 11) is 0. The molecule has 0 spiro atoms. The first-order valence-electron chi connectivity index (χ1n) is 4.51. The summed E-state index contributed by atoms with van der Waals surface area (Å²) in [6, 6.07) is 4.98. The van der Waals surface area contributed by atoms with Gasteiger partial charge >= 0.3 is 6.18 Å². The molecule has 0 heterocycles. The Labute approximate surface area is 85.5 Å². The minimum absolute atomic E-state index is 0.115. The van der Waals surface area contributed by atoms with Crippen molar-refractivity contribution in [1.82, 2.24) is 0 Å². The third kappa shape index (κ3) is 2.94. The average molecular weight is 219 g/mol. The van der Waals surface area contributed by atoms with Crippen LogP contribution in [0.5, 0.6) is 0 Å². The number of hydrogen-bond donors (Lipinski definition) is 2. The number of alkyl halides is 3. The Hall–Kier alpha value is -1.07. The van der Waals surface area contributed by atoms with Crippen LogP contribution in [0.15, 0.2) is 24.3 Å². The summed E-state index contributed by atoms with van der Waals surface area (Å²) in [6.07, 6.45) is -5.48. The van der Waals surface area contributed by atoms with Crippen molar-refractivity contribution in [2.24, 2.45) is 5.73 Å². The summed E-state index contributed by atoms with van der Waals surface area (Å²) in [5, 5.41) is 9.48. The van der Waals surface area contributed by atoms with Crippen molar-refractivity contribution in [2.45, 2.75) is 18.7 Å². The lowest BCUT2D eigenvalue weighted by Crippen LogP contribution is -2.14. The zero-order chi connectivity index (χ0) is 11.5. The molecule has 0 saturated carbocycles. The lowest BCUT2D eigenvalue weighted by molar-refractivity contribution is -0.139. The van der Waals surface area contributed by atoms with Crippen LogP contribution in [0.1, 0.15) is 23.7 Å². The highest BCUT2D eigenvalue weighted by Crippen LogP contribution is 2.34. The van der Waals surface area contributed by atoms with Gasteiger partial charge in [-0.3, -0.25) is 0 Å². The smallest absolute Gasteiger partial charge is 0.388 e. The molecule has 0 saturated heterocycles. The quantitative estimate of drug-likeness (QED) is 0.817. The molecule has 0 radical (unpaired) electrons. The topological polar surface area (TPSA) is 46.2 Å². The molecule has 0 aromatic heterocycles. The highest BCUT2D eigenvalue weighted by atomic mass is 19.4. The van der Waals surface area contributed by atoms with Gasteiger partial charge in [-0.05, 0) is 24.6 Å². The summed E-state index contributed by atoms with van der Waals surface area (Å²) in [6.45, 7) is 0.146. The zero-order valence-corrected chi connectivity index (χ0v) is 7.96. The van der Waals surface area contributed by atoms with Crippen LogP contribution in [0.25, 0.3) is 0 Å². The van der Waals surface area contributed by atoms with Gasteiger partial charge in [-0.2, -0.15) is 13.2 Å². The van der Waals surface area contributed by atoms with E-state index in [0.29, 0.717) is 0 Å². The zero-order valence-electron chi connectivity index (χ0n) is 7.96. The van der Waals surface area contributed by atoms with Gasteiger partial charge in [0.15, 0.2) is 0 Å². The molecule has 84 valence electrons. The second-order valence-corrected chi connectivity index (χ2v) is 3.18. The van der Waals surface area contributed by atoms with Gasteiger partial charge in [0.05, 0.1) is 11.7 Å². The van der Waals surface area contributed by atoms with Crippen molar-refractivity contribution < 1.29 is 18.3 Å². The molecule has 15 heavy (non-hydrogen) atoms. The number of nitrogens with two attached hydrogens (primary N) is 1. The molecular formula is C10H12F3NO. The number of hydrogen-bond acceptors (Lipinski definition) is 2. The van der Waals surface area contributed by atoms with E-state index in [-0.39, 0.29) is 18.5 Å². The predicted octanol–water partition coefficient (Wildman–Crippen LogP) is 2.09. The summed E-state index contributed by atoms with van der Waals surface area (Å²) in [5.74, 6) is 0. The largest absolute Gasteiger partial charge is 0.416 e. The molecule has 0 aliphatic heterocycles. The lowest BCUT2D eigenvalue weighted by atomic mass is 10.00. The normalized spacial score (nSPS) is 13.9. The second-order valence-electron chi connectivity index (χ2n) is 3.18. The molecule has 1 aromatic rings. The van der Waals surface area contributed by atoms with Crippen molar-refractivity contribution in [3.05, 3.63) is 35.4 Å². The van der Waals surface area contributed by atoms with Crippen molar-refractivity contribution in [3.8, 4) is 0 Å². The third-order valence-corrected chi connectivity index (χ3v) is 2.07. The van der Waals surface area contributed by atoms with E-state index in [1.807, 2.05) is 0 Å². The van der Waals surface area contributed by atoms with Crippen LogP contribution < -0.4 is 5.73 Å². The minimum atomic E-state index is -4.44. The maximum Gasteiger partial charge on any atom is 0.416 e. The standard InChI is InChI=1S/C10H12F3NO/c11-10(12,13)8-4-2-1-3-7(8)9(15)5-6-14/h1-4,9,15H,5-6,14H2/t9-/m0/s1. The Morgan fingerprint density at radius 1 is 1.27 bits per heavy atom. The molecular weight excluding hydrogens is 207 g/mol. The first-order valence-corrected chi connectivity index (χ1v) is 4.51. The van der Waals surface area contributed by atoms with Gasteiger partial charge in [0, 0.05) is 0 Å². The fourth-order valence-electron chi connectivity index (χ4n) is 1.36. The summed E-state index contributed by atoms with van der Waals surface area (Å²) >= 11 is 0. The van der Waals surface area contributed by atoms with Crippen LogP contribution in [0.2, 0.25) is 0 Å². The minimum Gasteiger partial charge on any atom is -0.388 e. The average Bonchev–Trinajstić information content (AvgIpc) is 2.17. The van der Waals surface area contributed by atoms with Gasteiger partial charge in [0.1, 0.15) is 0 Å². The first kappa shape index (κ1) is 12.0. The van der Waals surface area contributed by atoms with Gasteiger partial charge in [-0.1, -0.05) is 18.2 Å². The van der Waals surface area contributed by atoms with E-state index >= 15 is 0 Å². The molecule has 5 heteroatoms. The summed E-state index contributed by atoms with van der Waals surface area (Å²) in [5.41, 5.74) is 4.27. The Kier molecular flexibility index (Phi) is 3.71.